The molecule has 0 saturated carbocycles. The molecular weight excluding hydrogens is 300 g/mol. The number of rotatable bonds is 5. The van der Waals surface area contributed by atoms with Gasteiger partial charge in [0, 0.05) is 5.69 Å². The number of hydrogen-bond acceptors (Lipinski definition) is 6. The monoisotopic (exact) mass is 314 g/mol. The minimum Gasteiger partial charge on any atom is -0.344 e. The Bertz CT molecular complexity index is 767. The van der Waals surface area contributed by atoms with E-state index in [9.17, 15) is 4.79 Å². The average Bonchev–Trinajstić information content (AvgIpc) is 3.22. The van der Waals surface area contributed by atoms with E-state index in [1.165, 1.54) is 0 Å². The summed E-state index contributed by atoms with van der Waals surface area (Å²) in [6.45, 7) is 2.23. The molecule has 2 heterocycles. The van der Waals surface area contributed by atoms with Gasteiger partial charge in [0.2, 0.25) is 0 Å². The average molecular weight is 314 g/mol. The van der Waals surface area contributed by atoms with Crippen molar-refractivity contribution in [1.82, 2.24) is 29.7 Å². The normalized spacial score (nSPS) is 10.6. The zero-order valence-electron chi connectivity index (χ0n) is 11.9. The second kappa shape index (κ2) is 6.44. The minimum absolute atomic E-state index is 0.186. The fraction of sp³-hybridized carbons (Fsp3) is 0.214. The second-order valence-corrected chi connectivity index (χ2v) is 5.29. The van der Waals surface area contributed by atoms with Crippen molar-refractivity contribution in [1.29, 1.82) is 0 Å². The summed E-state index contributed by atoms with van der Waals surface area (Å²) in [5.41, 5.74) is 1.66. The molecule has 0 aliphatic carbocycles. The maximum Gasteiger partial charge on any atom is 0.265 e. The predicted octanol–water partition coefficient (Wildman–Crippen LogP) is 1.61. The maximum atomic E-state index is 12.2. The lowest BCUT2D eigenvalue weighted by atomic mass is 10.3. The number of amides is 1. The zero-order valence-corrected chi connectivity index (χ0v) is 12.7. The molecule has 0 bridgehead atoms. The van der Waals surface area contributed by atoms with Crippen LogP contribution in [0, 0.1) is 0 Å². The molecule has 1 N–H and O–H groups in total. The first kappa shape index (κ1) is 14.3. The fourth-order valence-electron chi connectivity index (χ4n) is 2.04. The van der Waals surface area contributed by atoms with Crippen molar-refractivity contribution in [3.63, 3.8) is 0 Å². The van der Waals surface area contributed by atoms with Gasteiger partial charge in [0.25, 0.3) is 5.91 Å². The van der Waals surface area contributed by atoms with Crippen LogP contribution in [0.4, 0.5) is 0 Å². The van der Waals surface area contributed by atoms with Crippen LogP contribution in [-0.4, -0.2) is 30.3 Å². The van der Waals surface area contributed by atoms with E-state index in [4.69, 9.17) is 0 Å². The highest BCUT2D eigenvalue weighted by Crippen LogP contribution is 2.12. The molecule has 0 unspecified atom stereocenters. The van der Waals surface area contributed by atoms with E-state index < -0.39 is 0 Å². The largest absolute Gasteiger partial charge is 0.344 e. The predicted molar refractivity (Wildman–Crippen MR) is 81.8 cm³/mol. The Kier molecular flexibility index (Phi) is 4.19. The lowest BCUT2D eigenvalue weighted by Gasteiger charge is -2.07. The van der Waals surface area contributed by atoms with Crippen molar-refractivity contribution >= 4 is 17.4 Å². The molecule has 3 rings (SSSR count). The van der Waals surface area contributed by atoms with Gasteiger partial charge >= 0.3 is 0 Å². The van der Waals surface area contributed by atoms with E-state index in [0.717, 1.165) is 17.2 Å². The highest BCUT2D eigenvalue weighted by Gasteiger charge is 2.15. The quantitative estimate of drug-likeness (QED) is 0.773. The Morgan fingerprint density at radius 2 is 2.09 bits per heavy atom. The molecule has 0 radical (unpaired) electrons. The number of hydrogen-bond donors (Lipinski definition) is 1. The number of benzene rings is 1. The molecule has 3 aromatic rings. The van der Waals surface area contributed by atoms with Crippen LogP contribution in [0.3, 0.4) is 0 Å². The van der Waals surface area contributed by atoms with E-state index in [0.29, 0.717) is 22.8 Å². The van der Waals surface area contributed by atoms with E-state index >= 15 is 0 Å². The van der Waals surface area contributed by atoms with Gasteiger partial charge in [-0.1, -0.05) is 29.6 Å². The number of aryl methyl sites for hydroxylation is 1. The molecule has 112 valence electrons. The molecule has 1 amide bonds. The first-order valence-electron chi connectivity index (χ1n) is 6.83. The molecule has 2 aromatic heterocycles. The van der Waals surface area contributed by atoms with Gasteiger partial charge in [-0.3, -0.25) is 9.36 Å². The first-order valence-corrected chi connectivity index (χ1v) is 7.60. The SMILES string of the molecule is CCc1nnsc1C(=O)NCc1nncn1-c1ccccc1. The van der Waals surface area contributed by atoms with E-state index in [1.807, 2.05) is 41.8 Å². The molecule has 0 fully saturated rings. The number of nitrogens with zero attached hydrogens (tertiary/aromatic N) is 5. The lowest BCUT2D eigenvalue weighted by molar-refractivity contribution is 0.0952. The summed E-state index contributed by atoms with van der Waals surface area (Å²) in [6.07, 6.45) is 2.31. The lowest BCUT2D eigenvalue weighted by Crippen LogP contribution is -2.24. The molecule has 22 heavy (non-hydrogen) atoms. The van der Waals surface area contributed by atoms with Gasteiger partial charge in [0.15, 0.2) is 5.82 Å². The van der Waals surface area contributed by atoms with Crippen LogP contribution in [0.25, 0.3) is 5.69 Å². The van der Waals surface area contributed by atoms with Crippen molar-refractivity contribution < 1.29 is 4.79 Å². The molecule has 0 spiro atoms. The molecule has 0 saturated heterocycles. The molecule has 8 heteroatoms. The molecule has 0 aliphatic rings. The van der Waals surface area contributed by atoms with Crippen LogP contribution in [-0.2, 0) is 13.0 Å². The number of aromatic nitrogens is 5. The van der Waals surface area contributed by atoms with Crippen LogP contribution < -0.4 is 5.32 Å². The first-order chi connectivity index (χ1) is 10.8. The molecule has 7 nitrogen and oxygen atoms in total. The Morgan fingerprint density at radius 3 is 2.86 bits per heavy atom. The van der Waals surface area contributed by atoms with Gasteiger partial charge in [-0.25, -0.2) is 0 Å². The van der Waals surface area contributed by atoms with Crippen LogP contribution in [0.2, 0.25) is 0 Å². The van der Waals surface area contributed by atoms with Gasteiger partial charge in [-0.2, -0.15) is 0 Å². The van der Waals surface area contributed by atoms with E-state index in [1.54, 1.807) is 6.33 Å². The third-order valence-electron chi connectivity index (χ3n) is 3.16. The minimum atomic E-state index is -0.186. The van der Waals surface area contributed by atoms with Gasteiger partial charge in [0.05, 0.1) is 12.2 Å². The fourth-order valence-corrected chi connectivity index (χ4v) is 2.70. The van der Waals surface area contributed by atoms with Crippen molar-refractivity contribution in [3.8, 4) is 5.69 Å². The van der Waals surface area contributed by atoms with Crippen molar-refractivity contribution in [3.05, 3.63) is 53.1 Å². The summed E-state index contributed by atoms with van der Waals surface area (Å²) < 4.78 is 5.66. The van der Waals surface area contributed by atoms with Crippen molar-refractivity contribution in [2.75, 3.05) is 0 Å². The Balaban J connectivity index is 1.73. The number of carbonyl (C=O) groups excluding carboxylic acids is 1. The Hall–Kier alpha value is -2.61. The standard InChI is InChI=1S/C14H14N6OS/c1-2-11-13(22-19-17-11)14(21)15-8-12-18-16-9-20(12)10-6-4-3-5-7-10/h3-7,9H,2,8H2,1H3,(H,15,21). The Morgan fingerprint density at radius 1 is 1.27 bits per heavy atom. The van der Waals surface area contributed by atoms with Crippen LogP contribution >= 0.6 is 11.5 Å². The highest BCUT2D eigenvalue weighted by molar-refractivity contribution is 7.08. The van der Waals surface area contributed by atoms with Gasteiger partial charge in [-0.15, -0.1) is 15.3 Å². The van der Waals surface area contributed by atoms with Crippen LogP contribution in [0.5, 0.6) is 0 Å². The van der Waals surface area contributed by atoms with E-state index in [2.05, 4.69) is 25.1 Å². The van der Waals surface area contributed by atoms with Gasteiger partial charge in [-0.05, 0) is 30.1 Å². The topological polar surface area (TPSA) is 85.6 Å². The third-order valence-corrected chi connectivity index (χ3v) is 3.92. The van der Waals surface area contributed by atoms with Crippen molar-refractivity contribution in [2.24, 2.45) is 0 Å². The molecule has 1 aromatic carbocycles. The molecular formula is C14H14N6OS. The van der Waals surface area contributed by atoms with Crippen LogP contribution in [0.1, 0.15) is 28.1 Å². The van der Waals surface area contributed by atoms with Crippen LogP contribution in [0.15, 0.2) is 36.7 Å². The van der Waals surface area contributed by atoms with E-state index in [-0.39, 0.29) is 12.5 Å². The third kappa shape index (κ3) is 2.86. The smallest absolute Gasteiger partial charge is 0.265 e. The highest BCUT2D eigenvalue weighted by atomic mass is 32.1. The summed E-state index contributed by atoms with van der Waals surface area (Å²) in [7, 11) is 0. The molecule has 0 aliphatic heterocycles. The summed E-state index contributed by atoms with van der Waals surface area (Å²) in [5.74, 6) is 0.476. The van der Waals surface area contributed by atoms with Crippen molar-refractivity contribution in [2.45, 2.75) is 19.9 Å². The Labute approximate surface area is 131 Å². The maximum absolute atomic E-state index is 12.2. The van der Waals surface area contributed by atoms with Gasteiger partial charge < -0.3 is 5.32 Å². The summed E-state index contributed by atoms with van der Waals surface area (Å²) in [4.78, 5) is 12.7. The van der Waals surface area contributed by atoms with Gasteiger partial charge in [0.1, 0.15) is 11.2 Å². The second-order valence-electron chi connectivity index (χ2n) is 4.54. The molecule has 0 atom stereocenters. The summed E-state index contributed by atoms with van der Waals surface area (Å²) in [5, 5.41) is 14.8. The summed E-state index contributed by atoms with van der Waals surface area (Å²) in [6, 6.07) is 9.73. The number of carbonyl (C=O) groups is 1. The number of para-hydroxylation sites is 1. The zero-order chi connectivity index (χ0) is 15.4. The summed E-state index contributed by atoms with van der Waals surface area (Å²) >= 11 is 1.10. The number of nitrogens with one attached hydrogen (secondary N) is 1.